The molecule has 2 aromatic rings. The highest BCUT2D eigenvalue weighted by atomic mass is 79.9. The Morgan fingerprint density at radius 1 is 1.20 bits per heavy atom. The largest absolute Gasteiger partial charge is 0.396 e. The molecule has 20 heavy (non-hydrogen) atoms. The zero-order chi connectivity index (χ0) is 14.5. The summed E-state index contributed by atoms with van der Waals surface area (Å²) >= 11 is 3.39. The molecule has 0 unspecified atom stereocenters. The van der Waals surface area contributed by atoms with Crippen molar-refractivity contribution in [3.05, 3.63) is 63.6 Å². The Hall–Kier alpha value is -1.65. The predicted molar refractivity (Wildman–Crippen MR) is 84.1 cm³/mol. The lowest BCUT2D eigenvalue weighted by Gasteiger charge is -2.08. The first kappa shape index (κ1) is 14.8. The van der Waals surface area contributed by atoms with Crippen LogP contribution in [0.1, 0.15) is 21.5 Å². The Morgan fingerprint density at radius 2 is 1.90 bits per heavy atom. The summed E-state index contributed by atoms with van der Waals surface area (Å²) in [5, 5.41) is 11.7. The molecular weight excluding hydrogens is 318 g/mol. The van der Waals surface area contributed by atoms with Crippen molar-refractivity contribution in [3.8, 4) is 0 Å². The van der Waals surface area contributed by atoms with E-state index in [0.717, 1.165) is 21.3 Å². The van der Waals surface area contributed by atoms with Gasteiger partial charge in [0.25, 0.3) is 5.91 Å². The van der Waals surface area contributed by atoms with E-state index in [1.807, 2.05) is 49.4 Å². The number of aliphatic hydroxyl groups excluding tert-OH is 1. The summed E-state index contributed by atoms with van der Waals surface area (Å²) < 4.78 is 0.775. The zero-order valence-electron chi connectivity index (χ0n) is 11.2. The van der Waals surface area contributed by atoms with Crippen LogP contribution < -0.4 is 5.32 Å². The molecule has 0 heterocycles. The van der Waals surface area contributed by atoms with Gasteiger partial charge in [-0.1, -0.05) is 23.8 Å². The molecule has 1 amide bonds. The van der Waals surface area contributed by atoms with Crippen molar-refractivity contribution in [2.75, 3.05) is 11.9 Å². The number of amides is 1. The highest BCUT2D eigenvalue weighted by molar-refractivity contribution is 9.10. The van der Waals surface area contributed by atoms with E-state index in [-0.39, 0.29) is 12.5 Å². The number of benzene rings is 2. The maximum absolute atomic E-state index is 12.2. The van der Waals surface area contributed by atoms with Crippen LogP contribution in [0.2, 0.25) is 0 Å². The van der Waals surface area contributed by atoms with Crippen LogP contribution in [0, 0.1) is 6.92 Å². The molecule has 2 N–H and O–H groups in total. The van der Waals surface area contributed by atoms with Crippen LogP contribution in [-0.2, 0) is 6.42 Å². The second-order valence-corrected chi connectivity index (χ2v) is 5.46. The van der Waals surface area contributed by atoms with E-state index in [2.05, 4.69) is 21.2 Å². The van der Waals surface area contributed by atoms with E-state index in [0.29, 0.717) is 12.0 Å². The van der Waals surface area contributed by atoms with Crippen molar-refractivity contribution >= 4 is 27.5 Å². The molecule has 104 valence electrons. The number of hydrogen-bond donors (Lipinski definition) is 2. The second-order valence-electron chi connectivity index (χ2n) is 4.61. The van der Waals surface area contributed by atoms with Crippen molar-refractivity contribution < 1.29 is 9.90 Å². The van der Waals surface area contributed by atoms with Gasteiger partial charge in [0.15, 0.2) is 0 Å². The van der Waals surface area contributed by atoms with Crippen LogP contribution in [0.25, 0.3) is 0 Å². The number of aliphatic hydroxyl groups is 1. The van der Waals surface area contributed by atoms with Crippen LogP contribution >= 0.6 is 15.9 Å². The Labute approximate surface area is 126 Å². The third-order valence-electron chi connectivity index (χ3n) is 2.98. The standard InChI is InChI=1S/C16H16BrNO2/c1-11-2-7-15(17)14(10-11)16(20)18-13-5-3-12(4-6-13)8-9-19/h2-7,10,19H,8-9H2,1H3,(H,18,20). The highest BCUT2D eigenvalue weighted by Crippen LogP contribution is 2.20. The molecule has 4 heteroatoms. The van der Waals surface area contributed by atoms with E-state index in [9.17, 15) is 4.79 Å². The Balaban J connectivity index is 2.13. The molecule has 0 aliphatic heterocycles. The van der Waals surface area contributed by atoms with Gasteiger partial charge in [0, 0.05) is 16.8 Å². The normalized spacial score (nSPS) is 10.3. The lowest BCUT2D eigenvalue weighted by atomic mass is 10.1. The molecule has 0 aliphatic rings. The summed E-state index contributed by atoms with van der Waals surface area (Å²) in [5.41, 5.74) is 3.44. The van der Waals surface area contributed by atoms with Crippen molar-refractivity contribution in [1.82, 2.24) is 0 Å². The fourth-order valence-corrected chi connectivity index (χ4v) is 2.32. The van der Waals surface area contributed by atoms with Gasteiger partial charge < -0.3 is 10.4 Å². The monoisotopic (exact) mass is 333 g/mol. The van der Waals surface area contributed by atoms with E-state index < -0.39 is 0 Å². The van der Waals surface area contributed by atoms with Gasteiger partial charge in [-0.2, -0.15) is 0 Å². The molecule has 0 saturated carbocycles. The quantitative estimate of drug-likeness (QED) is 0.898. The predicted octanol–water partition coefficient (Wildman–Crippen LogP) is 3.54. The van der Waals surface area contributed by atoms with Gasteiger partial charge in [-0.15, -0.1) is 0 Å². The molecule has 2 aromatic carbocycles. The molecule has 0 bridgehead atoms. The maximum atomic E-state index is 12.2. The lowest BCUT2D eigenvalue weighted by Crippen LogP contribution is -2.12. The lowest BCUT2D eigenvalue weighted by molar-refractivity contribution is 0.102. The summed E-state index contributed by atoms with van der Waals surface area (Å²) in [6, 6.07) is 13.1. The van der Waals surface area contributed by atoms with Gasteiger partial charge in [-0.05, 0) is 59.1 Å². The number of hydrogen-bond acceptors (Lipinski definition) is 2. The molecule has 2 rings (SSSR count). The van der Waals surface area contributed by atoms with Crippen molar-refractivity contribution in [3.63, 3.8) is 0 Å². The summed E-state index contributed by atoms with van der Waals surface area (Å²) in [4.78, 5) is 12.2. The molecule has 0 saturated heterocycles. The number of halogens is 1. The third kappa shape index (κ3) is 3.68. The van der Waals surface area contributed by atoms with Gasteiger partial charge in [0.2, 0.25) is 0 Å². The Bertz CT molecular complexity index is 608. The van der Waals surface area contributed by atoms with Crippen molar-refractivity contribution in [2.24, 2.45) is 0 Å². The van der Waals surface area contributed by atoms with E-state index in [1.54, 1.807) is 0 Å². The van der Waals surface area contributed by atoms with Gasteiger partial charge in [-0.25, -0.2) is 0 Å². The summed E-state index contributed by atoms with van der Waals surface area (Å²) in [7, 11) is 0. The maximum Gasteiger partial charge on any atom is 0.256 e. The smallest absolute Gasteiger partial charge is 0.256 e. The first-order valence-electron chi connectivity index (χ1n) is 6.37. The summed E-state index contributed by atoms with van der Waals surface area (Å²) in [5.74, 6) is -0.143. The third-order valence-corrected chi connectivity index (χ3v) is 3.67. The van der Waals surface area contributed by atoms with E-state index in [1.165, 1.54) is 0 Å². The Kier molecular flexibility index (Phi) is 4.93. The highest BCUT2D eigenvalue weighted by Gasteiger charge is 2.10. The molecule has 0 radical (unpaired) electrons. The van der Waals surface area contributed by atoms with Gasteiger partial charge >= 0.3 is 0 Å². The summed E-state index contributed by atoms with van der Waals surface area (Å²) in [6.07, 6.45) is 0.623. The van der Waals surface area contributed by atoms with E-state index in [4.69, 9.17) is 5.11 Å². The SMILES string of the molecule is Cc1ccc(Br)c(C(=O)Nc2ccc(CCO)cc2)c1. The fourth-order valence-electron chi connectivity index (χ4n) is 1.90. The average molecular weight is 334 g/mol. The number of anilines is 1. The minimum atomic E-state index is -0.143. The van der Waals surface area contributed by atoms with Crippen molar-refractivity contribution in [2.45, 2.75) is 13.3 Å². The van der Waals surface area contributed by atoms with Crippen LogP contribution in [0.5, 0.6) is 0 Å². The molecule has 0 aromatic heterocycles. The molecule has 0 atom stereocenters. The number of nitrogens with one attached hydrogen (secondary N) is 1. The molecule has 0 spiro atoms. The van der Waals surface area contributed by atoms with Gasteiger partial charge in [0.1, 0.15) is 0 Å². The molecule has 3 nitrogen and oxygen atoms in total. The van der Waals surface area contributed by atoms with E-state index >= 15 is 0 Å². The van der Waals surface area contributed by atoms with Crippen LogP contribution in [0.15, 0.2) is 46.9 Å². The fraction of sp³-hybridized carbons (Fsp3) is 0.188. The summed E-state index contributed by atoms with van der Waals surface area (Å²) in [6.45, 7) is 2.08. The van der Waals surface area contributed by atoms with Crippen LogP contribution in [0.4, 0.5) is 5.69 Å². The van der Waals surface area contributed by atoms with Crippen LogP contribution in [0.3, 0.4) is 0 Å². The van der Waals surface area contributed by atoms with Gasteiger partial charge in [-0.3, -0.25) is 4.79 Å². The second kappa shape index (κ2) is 6.68. The average Bonchev–Trinajstić information content (AvgIpc) is 2.44. The number of carbonyl (C=O) groups is 1. The zero-order valence-corrected chi connectivity index (χ0v) is 12.8. The van der Waals surface area contributed by atoms with Gasteiger partial charge in [0.05, 0.1) is 5.56 Å². The topological polar surface area (TPSA) is 49.3 Å². The molecular formula is C16H16BrNO2. The number of aryl methyl sites for hydroxylation is 1. The Morgan fingerprint density at radius 3 is 2.55 bits per heavy atom. The first-order chi connectivity index (χ1) is 9.60. The van der Waals surface area contributed by atoms with Crippen molar-refractivity contribution in [1.29, 1.82) is 0 Å². The van der Waals surface area contributed by atoms with Crippen LogP contribution in [-0.4, -0.2) is 17.6 Å². The minimum absolute atomic E-state index is 0.127. The number of carbonyl (C=O) groups excluding carboxylic acids is 1. The molecule has 0 aliphatic carbocycles. The molecule has 0 fully saturated rings. The number of rotatable bonds is 4. The first-order valence-corrected chi connectivity index (χ1v) is 7.17. The minimum Gasteiger partial charge on any atom is -0.396 e.